The van der Waals surface area contributed by atoms with E-state index in [1.165, 1.54) is 37.2 Å². The maximum Gasteiger partial charge on any atom is 0.0414 e. The lowest BCUT2D eigenvalue weighted by atomic mass is 10.0. The fraction of sp³-hybridized carbons (Fsp3) is 0.692. The van der Waals surface area contributed by atoms with Crippen molar-refractivity contribution in [2.24, 2.45) is 0 Å². The fourth-order valence-corrected chi connectivity index (χ4v) is 3.35. The van der Waals surface area contributed by atoms with Crippen molar-refractivity contribution in [1.29, 1.82) is 0 Å². The Kier molecular flexibility index (Phi) is 4.38. The van der Waals surface area contributed by atoms with E-state index in [9.17, 15) is 0 Å². The number of likely N-dealkylation sites (tertiary alicyclic amines) is 1. The van der Waals surface area contributed by atoms with Crippen LogP contribution in [0.5, 0.6) is 0 Å². The number of likely N-dealkylation sites (N-methyl/N-ethyl adjacent to an activating group) is 1. The van der Waals surface area contributed by atoms with Crippen LogP contribution >= 0.6 is 11.3 Å². The molecule has 1 aliphatic rings. The SMILES string of the molecule is CCC(NC1CCCN(C)C1)c1cccs1. The van der Waals surface area contributed by atoms with E-state index in [0.717, 1.165) is 0 Å². The summed E-state index contributed by atoms with van der Waals surface area (Å²) < 4.78 is 0. The second-order valence-corrected chi connectivity index (χ2v) is 5.72. The van der Waals surface area contributed by atoms with Crippen molar-refractivity contribution in [2.75, 3.05) is 20.1 Å². The first-order valence-corrected chi connectivity index (χ1v) is 7.15. The normalized spacial score (nSPS) is 24.5. The molecule has 2 rings (SSSR count). The van der Waals surface area contributed by atoms with Gasteiger partial charge in [-0.3, -0.25) is 0 Å². The van der Waals surface area contributed by atoms with Crippen molar-refractivity contribution in [2.45, 2.75) is 38.3 Å². The Morgan fingerprint density at radius 3 is 3.12 bits per heavy atom. The largest absolute Gasteiger partial charge is 0.305 e. The van der Waals surface area contributed by atoms with E-state index in [-0.39, 0.29) is 0 Å². The van der Waals surface area contributed by atoms with E-state index in [1.807, 2.05) is 11.3 Å². The summed E-state index contributed by atoms with van der Waals surface area (Å²) in [5, 5.41) is 5.98. The molecule has 2 heterocycles. The van der Waals surface area contributed by atoms with Crippen LogP contribution in [0.25, 0.3) is 0 Å². The Morgan fingerprint density at radius 2 is 2.50 bits per heavy atom. The van der Waals surface area contributed by atoms with Crippen molar-refractivity contribution in [3.05, 3.63) is 22.4 Å². The summed E-state index contributed by atoms with van der Waals surface area (Å²) >= 11 is 1.87. The zero-order valence-corrected chi connectivity index (χ0v) is 11.1. The number of nitrogens with zero attached hydrogens (tertiary/aromatic N) is 1. The monoisotopic (exact) mass is 238 g/mol. The van der Waals surface area contributed by atoms with Gasteiger partial charge in [0.05, 0.1) is 0 Å². The summed E-state index contributed by atoms with van der Waals surface area (Å²) in [4.78, 5) is 3.92. The van der Waals surface area contributed by atoms with Gasteiger partial charge in [-0.05, 0) is 44.3 Å². The van der Waals surface area contributed by atoms with Gasteiger partial charge >= 0.3 is 0 Å². The summed E-state index contributed by atoms with van der Waals surface area (Å²) in [5.41, 5.74) is 0. The van der Waals surface area contributed by atoms with Gasteiger partial charge in [0.25, 0.3) is 0 Å². The lowest BCUT2D eigenvalue weighted by molar-refractivity contribution is 0.215. The minimum atomic E-state index is 0.552. The van der Waals surface area contributed by atoms with E-state index >= 15 is 0 Å². The van der Waals surface area contributed by atoms with Crippen LogP contribution in [-0.2, 0) is 0 Å². The first-order valence-electron chi connectivity index (χ1n) is 6.27. The molecule has 1 saturated heterocycles. The van der Waals surface area contributed by atoms with Crippen molar-refractivity contribution in [3.63, 3.8) is 0 Å². The van der Waals surface area contributed by atoms with E-state index in [2.05, 4.69) is 41.7 Å². The van der Waals surface area contributed by atoms with Crippen LogP contribution in [0.2, 0.25) is 0 Å². The predicted molar refractivity (Wildman–Crippen MR) is 71.0 cm³/mol. The Bertz CT molecular complexity index is 297. The topological polar surface area (TPSA) is 15.3 Å². The van der Waals surface area contributed by atoms with Crippen molar-refractivity contribution in [3.8, 4) is 0 Å². The van der Waals surface area contributed by atoms with Crippen LogP contribution in [0, 0.1) is 0 Å². The van der Waals surface area contributed by atoms with Crippen molar-refractivity contribution >= 4 is 11.3 Å². The Balaban J connectivity index is 1.91. The first-order chi connectivity index (χ1) is 7.79. The summed E-state index contributed by atoms with van der Waals surface area (Å²) in [6.07, 6.45) is 3.84. The Labute approximate surface area is 103 Å². The average molecular weight is 238 g/mol. The molecule has 2 atom stereocenters. The number of piperidine rings is 1. The lowest BCUT2D eigenvalue weighted by Crippen LogP contribution is -2.45. The first kappa shape index (κ1) is 12.1. The van der Waals surface area contributed by atoms with Crippen LogP contribution in [-0.4, -0.2) is 31.1 Å². The average Bonchev–Trinajstić information content (AvgIpc) is 2.79. The highest BCUT2D eigenvalue weighted by Crippen LogP contribution is 2.23. The van der Waals surface area contributed by atoms with Crippen LogP contribution in [0.15, 0.2) is 17.5 Å². The maximum atomic E-state index is 3.81. The molecule has 0 amide bonds. The highest BCUT2D eigenvalue weighted by Gasteiger charge is 2.20. The molecule has 0 saturated carbocycles. The summed E-state index contributed by atoms with van der Waals surface area (Å²) in [7, 11) is 2.22. The predicted octanol–water partition coefficient (Wildman–Crippen LogP) is 2.88. The molecular weight excluding hydrogens is 216 g/mol. The highest BCUT2D eigenvalue weighted by molar-refractivity contribution is 7.10. The van der Waals surface area contributed by atoms with Crippen molar-refractivity contribution in [1.82, 2.24) is 10.2 Å². The Hall–Kier alpha value is -0.380. The van der Waals surface area contributed by atoms with E-state index in [1.54, 1.807) is 0 Å². The molecule has 1 aromatic rings. The van der Waals surface area contributed by atoms with Crippen LogP contribution < -0.4 is 5.32 Å². The van der Waals surface area contributed by atoms with Gasteiger partial charge in [-0.25, -0.2) is 0 Å². The highest BCUT2D eigenvalue weighted by atomic mass is 32.1. The van der Waals surface area contributed by atoms with Gasteiger partial charge in [0.2, 0.25) is 0 Å². The molecule has 1 N–H and O–H groups in total. The second-order valence-electron chi connectivity index (χ2n) is 4.74. The van der Waals surface area contributed by atoms with Gasteiger partial charge in [0.15, 0.2) is 0 Å². The molecule has 0 aromatic carbocycles. The van der Waals surface area contributed by atoms with Gasteiger partial charge in [-0.15, -0.1) is 11.3 Å². The van der Waals surface area contributed by atoms with E-state index in [0.29, 0.717) is 12.1 Å². The standard InChI is InChI=1S/C13H22N2S/c1-3-12(13-7-5-9-16-13)14-11-6-4-8-15(2)10-11/h5,7,9,11-12,14H,3-4,6,8,10H2,1-2H3. The molecule has 3 heteroatoms. The van der Waals surface area contributed by atoms with Gasteiger partial charge in [-0.2, -0.15) is 0 Å². The van der Waals surface area contributed by atoms with Gasteiger partial charge in [-0.1, -0.05) is 13.0 Å². The molecular formula is C13H22N2S. The Morgan fingerprint density at radius 1 is 1.62 bits per heavy atom. The molecule has 0 bridgehead atoms. The van der Waals surface area contributed by atoms with E-state index in [4.69, 9.17) is 0 Å². The third-order valence-electron chi connectivity index (χ3n) is 3.36. The molecule has 0 radical (unpaired) electrons. The van der Waals surface area contributed by atoms with Crippen molar-refractivity contribution < 1.29 is 0 Å². The molecule has 1 fully saturated rings. The third kappa shape index (κ3) is 3.06. The van der Waals surface area contributed by atoms with Crippen LogP contribution in [0.3, 0.4) is 0 Å². The minimum absolute atomic E-state index is 0.552. The van der Waals surface area contributed by atoms with Gasteiger partial charge < -0.3 is 10.2 Å². The fourth-order valence-electron chi connectivity index (χ4n) is 2.48. The molecule has 0 spiro atoms. The smallest absolute Gasteiger partial charge is 0.0414 e. The number of nitrogens with one attached hydrogen (secondary N) is 1. The number of hydrogen-bond donors (Lipinski definition) is 1. The zero-order valence-electron chi connectivity index (χ0n) is 10.3. The molecule has 1 aliphatic heterocycles. The zero-order chi connectivity index (χ0) is 11.4. The quantitative estimate of drug-likeness (QED) is 0.867. The number of thiophene rings is 1. The van der Waals surface area contributed by atoms with E-state index < -0.39 is 0 Å². The molecule has 16 heavy (non-hydrogen) atoms. The third-order valence-corrected chi connectivity index (χ3v) is 4.34. The molecule has 2 unspecified atom stereocenters. The van der Waals surface area contributed by atoms with Gasteiger partial charge in [0, 0.05) is 23.5 Å². The summed E-state index contributed by atoms with van der Waals surface area (Å²) in [6.45, 7) is 4.72. The van der Waals surface area contributed by atoms with Crippen LogP contribution in [0.1, 0.15) is 37.1 Å². The summed E-state index contributed by atoms with van der Waals surface area (Å²) in [6, 6.07) is 5.62. The lowest BCUT2D eigenvalue weighted by Gasteiger charge is -2.32. The summed E-state index contributed by atoms with van der Waals surface area (Å²) in [5.74, 6) is 0. The van der Waals surface area contributed by atoms with Crippen LogP contribution in [0.4, 0.5) is 0 Å². The molecule has 1 aromatic heterocycles. The maximum absolute atomic E-state index is 3.81. The minimum Gasteiger partial charge on any atom is -0.305 e. The molecule has 2 nitrogen and oxygen atoms in total. The number of hydrogen-bond acceptors (Lipinski definition) is 3. The number of rotatable bonds is 4. The molecule has 90 valence electrons. The second kappa shape index (κ2) is 5.80. The van der Waals surface area contributed by atoms with Gasteiger partial charge in [0.1, 0.15) is 0 Å². The molecule has 0 aliphatic carbocycles.